The fraction of sp³-hybridized carbons (Fsp3) is 0.300. The summed E-state index contributed by atoms with van der Waals surface area (Å²) in [7, 11) is 0. The van der Waals surface area contributed by atoms with Crippen molar-refractivity contribution in [1.29, 1.82) is 0 Å². The van der Waals surface area contributed by atoms with Crippen LogP contribution in [0.1, 0.15) is 16.8 Å². The zero-order valence-electron chi connectivity index (χ0n) is 7.72. The van der Waals surface area contributed by atoms with Gasteiger partial charge in [-0.25, -0.2) is 8.78 Å². The standard InChI is InChI=1S/C10H10F2OS/c1-14-5-4-10(13)7-2-3-8(11)9(12)6-7/h2-3,6H,4-5H2,1H3. The summed E-state index contributed by atoms with van der Waals surface area (Å²) < 4.78 is 25.3. The maximum Gasteiger partial charge on any atom is 0.163 e. The molecule has 0 aliphatic carbocycles. The zero-order valence-corrected chi connectivity index (χ0v) is 8.54. The number of Topliss-reactive ketones (excluding diaryl/α,β-unsaturated/α-hetero) is 1. The molecule has 0 N–H and O–H groups in total. The van der Waals surface area contributed by atoms with Gasteiger partial charge in [0.05, 0.1) is 0 Å². The number of halogens is 2. The van der Waals surface area contributed by atoms with Crippen molar-refractivity contribution in [2.45, 2.75) is 6.42 Å². The molecule has 0 aliphatic rings. The van der Waals surface area contributed by atoms with E-state index in [-0.39, 0.29) is 11.3 Å². The second kappa shape index (κ2) is 5.10. The highest BCUT2D eigenvalue weighted by Crippen LogP contribution is 2.11. The molecule has 0 atom stereocenters. The van der Waals surface area contributed by atoms with E-state index in [1.807, 2.05) is 6.26 Å². The van der Waals surface area contributed by atoms with E-state index in [1.54, 1.807) is 11.8 Å². The normalized spacial score (nSPS) is 10.2. The van der Waals surface area contributed by atoms with E-state index in [4.69, 9.17) is 0 Å². The first-order chi connectivity index (χ1) is 6.65. The topological polar surface area (TPSA) is 17.1 Å². The summed E-state index contributed by atoms with van der Waals surface area (Å²) in [6.45, 7) is 0. The number of hydrogen-bond acceptors (Lipinski definition) is 2. The minimum atomic E-state index is -0.972. The molecule has 0 bridgehead atoms. The maximum atomic E-state index is 12.7. The lowest BCUT2D eigenvalue weighted by molar-refractivity contribution is 0.0989. The molecule has 14 heavy (non-hydrogen) atoms. The molecule has 1 aromatic rings. The molecule has 1 rings (SSSR count). The minimum absolute atomic E-state index is 0.154. The van der Waals surface area contributed by atoms with Gasteiger partial charge < -0.3 is 0 Å². The Bertz CT molecular complexity index is 339. The number of rotatable bonds is 4. The summed E-state index contributed by atoms with van der Waals surface area (Å²) in [4.78, 5) is 11.4. The second-order valence-corrected chi connectivity index (χ2v) is 3.78. The highest BCUT2D eigenvalue weighted by Gasteiger charge is 2.08. The number of carbonyl (C=O) groups is 1. The van der Waals surface area contributed by atoms with E-state index in [2.05, 4.69) is 0 Å². The van der Waals surface area contributed by atoms with E-state index in [0.29, 0.717) is 12.2 Å². The smallest absolute Gasteiger partial charge is 0.163 e. The van der Waals surface area contributed by atoms with Crippen molar-refractivity contribution >= 4 is 17.5 Å². The number of benzene rings is 1. The van der Waals surface area contributed by atoms with Crippen molar-refractivity contribution in [3.05, 3.63) is 35.4 Å². The zero-order chi connectivity index (χ0) is 10.6. The molecule has 0 heterocycles. The fourth-order valence-electron chi connectivity index (χ4n) is 1.01. The van der Waals surface area contributed by atoms with Crippen molar-refractivity contribution in [2.75, 3.05) is 12.0 Å². The van der Waals surface area contributed by atoms with Crippen LogP contribution >= 0.6 is 11.8 Å². The van der Waals surface area contributed by atoms with Crippen LogP contribution in [0.25, 0.3) is 0 Å². The SMILES string of the molecule is CSCCC(=O)c1ccc(F)c(F)c1. The molecule has 0 amide bonds. The Balaban J connectivity index is 2.76. The van der Waals surface area contributed by atoms with E-state index in [0.717, 1.165) is 12.1 Å². The van der Waals surface area contributed by atoms with Crippen LogP contribution in [0.5, 0.6) is 0 Å². The Morgan fingerprint density at radius 2 is 2.07 bits per heavy atom. The van der Waals surface area contributed by atoms with Gasteiger partial charge in [0.2, 0.25) is 0 Å². The molecule has 0 radical (unpaired) electrons. The first-order valence-corrected chi connectivity index (χ1v) is 5.51. The summed E-state index contributed by atoms with van der Waals surface area (Å²) in [5, 5.41) is 0. The summed E-state index contributed by atoms with van der Waals surface area (Å²) in [6.07, 6.45) is 2.24. The largest absolute Gasteiger partial charge is 0.294 e. The lowest BCUT2D eigenvalue weighted by atomic mass is 10.1. The Morgan fingerprint density at radius 1 is 1.36 bits per heavy atom. The van der Waals surface area contributed by atoms with Gasteiger partial charge in [0, 0.05) is 17.7 Å². The van der Waals surface area contributed by atoms with Gasteiger partial charge in [0.25, 0.3) is 0 Å². The Morgan fingerprint density at radius 3 is 2.64 bits per heavy atom. The Hall–Kier alpha value is -0.900. The average molecular weight is 216 g/mol. The maximum absolute atomic E-state index is 12.7. The molecule has 1 aromatic carbocycles. The molecule has 0 fully saturated rings. The molecule has 4 heteroatoms. The van der Waals surface area contributed by atoms with Crippen LogP contribution in [0.15, 0.2) is 18.2 Å². The monoisotopic (exact) mass is 216 g/mol. The molecular formula is C10H10F2OS. The van der Waals surface area contributed by atoms with Crippen LogP contribution in [0.4, 0.5) is 8.78 Å². The van der Waals surface area contributed by atoms with Gasteiger partial charge in [0.1, 0.15) is 0 Å². The van der Waals surface area contributed by atoms with Crippen molar-refractivity contribution in [3.63, 3.8) is 0 Å². The summed E-state index contributed by atoms with van der Waals surface area (Å²) in [6, 6.07) is 3.22. The summed E-state index contributed by atoms with van der Waals surface area (Å²) >= 11 is 1.54. The van der Waals surface area contributed by atoms with Gasteiger partial charge in [-0.05, 0) is 24.5 Å². The Labute approximate surface area is 85.5 Å². The quantitative estimate of drug-likeness (QED) is 0.720. The van der Waals surface area contributed by atoms with Gasteiger partial charge in [-0.15, -0.1) is 0 Å². The molecule has 1 nitrogen and oxygen atoms in total. The first-order valence-electron chi connectivity index (χ1n) is 4.12. The van der Waals surface area contributed by atoms with Crippen molar-refractivity contribution in [1.82, 2.24) is 0 Å². The summed E-state index contributed by atoms with van der Waals surface area (Å²) in [5.74, 6) is -1.36. The van der Waals surface area contributed by atoms with Crippen molar-refractivity contribution in [2.24, 2.45) is 0 Å². The third-order valence-electron chi connectivity index (χ3n) is 1.77. The molecule has 0 aliphatic heterocycles. The van der Waals surface area contributed by atoms with Crippen LogP contribution in [-0.2, 0) is 0 Å². The first kappa shape index (κ1) is 11.2. The van der Waals surface area contributed by atoms with Crippen LogP contribution in [0, 0.1) is 11.6 Å². The highest BCUT2D eigenvalue weighted by molar-refractivity contribution is 7.98. The van der Waals surface area contributed by atoms with Gasteiger partial charge in [0.15, 0.2) is 17.4 Å². The van der Waals surface area contributed by atoms with Crippen LogP contribution in [0.2, 0.25) is 0 Å². The van der Waals surface area contributed by atoms with Crippen LogP contribution < -0.4 is 0 Å². The third-order valence-corrected chi connectivity index (χ3v) is 2.39. The number of thioether (sulfide) groups is 1. The van der Waals surface area contributed by atoms with Gasteiger partial charge in [-0.2, -0.15) is 11.8 Å². The lowest BCUT2D eigenvalue weighted by Gasteiger charge is -2.00. The number of carbonyl (C=O) groups excluding carboxylic acids is 1. The fourth-order valence-corrected chi connectivity index (χ4v) is 1.40. The molecule has 76 valence electrons. The minimum Gasteiger partial charge on any atom is -0.294 e. The van der Waals surface area contributed by atoms with Crippen LogP contribution in [-0.4, -0.2) is 17.8 Å². The predicted octanol–water partition coefficient (Wildman–Crippen LogP) is 2.90. The highest BCUT2D eigenvalue weighted by atomic mass is 32.2. The number of ketones is 1. The van der Waals surface area contributed by atoms with Gasteiger partial charge in [-0.1, -0.05) is 0 Å². The average Bonchev–Trinajstić information content (AvgIpc) is 2.18. The van der Waals surface area contributed by atoms with E-state index < -0.39 is 11.6 Å². The van der Waals surface area contributed by atoms with Crippen molar-refractivity contribution in [3.8, 4) is 0 Å². The molecule has 0 saturated carbocycles. The second-order valence-electron chi connectivity index (χ2n) is 2.79. The predicted molar refractivity (Wildman–Crippen MR) is 53.7 cm³/mol. The molecule has 0 unspecified atom stereocenters. The molecule has 0 spiro atoms. The van der Waals surface area contributed by atoms with E-state index in [9.17, 15) is 13.6 Å². The number of hydrogen-bond donors (Lipinski definition) is 0. The van der Waals surface area contributed by atoms with E-state index in [1.165, 1.54) is 6.07 Å². The Kier molecular flexibility index (Phi) is 4.07. The van der Waals surface area contributed by atoms with Crippen molar-refractivity contribution < 1.29 is 13.6 Å². The van der Waals surface area contributed by atoms with Crippen LogP contribution in [0.3, 0.4) is 0 Å². The lowest BCUT2D eigenvalue weighted by Crippen LogP contribution is -2.01. The van der Waals surface area contributed by atoms with Gasteiger partial charge in [-0.3, -0.25) is 4.79 Å². The third kappa shape index (κ3) is 2.80. The molecule has 0 aromatic heterocycles. The molecule has 0 saturated heterocycles. The summed E-state index contributed by atoms with van der Waals surface area (Å²) in [5.41, 5.74) is 0.234. The van der Waals surface area contributed by atoms with E-state index >= 15 is 0 Å². The molecular weight excluding hydrogens is 206 g/mol. The van der Waals surface area contributed by atoms with Gasteiger partial charge >= 0.3 is 0 Å².